The van der Waals surface area contributed by atoms with Gasteiger partial charge in [-0.2, -0.15) is 5.26 Å². The first kappa shape index (κ1) is 11.2. The summed E-state index contributed by atoms with van der Waals surface area (Å²) >= 11 is 5.81. The van der Waals surface area contributed by atoms with Crippen molar-refractivity contribution in [3.63, 3.8) is 0 Å². The van der Waals surface area contributed by atoms with E-state index in [1.165, 1.54) is 24.3 Å². The second-order valence-electron chi connectivity index (χ2n) is 2.88. The second-order valence-corrected chi connectivity index (χ2v) is 3.28. The van der Waals surface area contributed by atoms with Gasteiger partial charge in [0.1, 0.15) is 0 Å². The molecule has 0 fully saturated rings. The molecular weight excluding hydrogens is 216 g/mol. The van der Waals surface area contributed by atoms with Gasteiger partial charge < -0.3 is 0 Å². The van der Waals surface area contributed by atoms with Crippen molar-refractivity contribution in [2.45, 2.75) is 6.92 Å². The van der Waals surface area contributed by atoms with E-state index in [-0.39, 0.29) is 10.7 Å². The molecule has 0 amide bonds. The number of benzene rings is 1. The second kappa shape index (κ2) is 4.58. The zero-order valence-electron chi connectivity index (χ0n) is 7.90. The molecular formula is C10H7ClN2O2. The van der Waals surface area contributed by atoms with Gasteiger partial charge in [0.15, 0.2) is 0 Å². The summed E-state index contributed by atoms with van der Waals surface area (Å²) in [5.74, 6) is 0. The quantitative estimate of drug-likeness (QED) is 0.439. The first-order valence-electron chi connectivity index (χ1n) is 4.07. The molecule has 1 aromatic rings. The molecule has 0 aliphatic carbocycles. The van der Waals surface area contributed by atoms with Crippen LogP contribution in [0, 0.1) is 28.4 Å². The van der Waals surface area contributed by atoms with Crippen molar-refractivity contribution in [3.8, 4) is 6.07 Å². The Balaban J connectivity index is 3.21. The third-order valence-corrected chi connectivity index (χ3v) is 2.18. The van der Waals surface area contributed by atoms with E-state index in [0.717, 1.165) is 0 Å². The highest BCUT2D eigenvalue weighted by Gasteiger charge is 2.09. The molecule has 0 aromatic heterocycles. The van der Waals surface area contributed by atoms with Crippen LogP contribution in [0.2, 0.25) is 0 Å². The van der Waals surface area contributed by atoms with Crippen molar-refractivity contribution >= 4 is 22.3 Å². The van der Waals surface area contributed by atoms with Crippen LogP contribution in [0.15, 0.2) is 24.3 Å². The van der Waals surface area contributed by atoms with Gasteiger partial charge in [-0.25, -0.2) is 0 Å². The van der Waals surface area contributed by atoms with Crippen LogP contribution in [0.5, 0.6) is 0 Å². The summed E-state index contributed by atoms with van der Waals surface area (Å²) in [4.78, 5) is 9.99. The molecule has 0 aliphatic heterocycles. The van der Waals surface area contributed by atoms with Gasteiger partial charge in [0.25, 0.3) is 5.69 Å². The van der Waals surface area contributed by atoms with E-state index in [0.29, 0.717) is 11.1 Å². The fourth-order valence-corrected chi connectivity index (χ4v) is 1.42. The van der Waals surface area contributed by atoms with E-state index in [1.54, 1.807) is 13.0 Å². The first-order valence-corrected chi connectivity index (χ1v) is 4.44. The number of non-ortho nitro benzene ring substituents is 1. The molecule has 0 N–H and O–H groups in total. The standard InChI is InChI=1S/C10H7ClN2O2/c1-7-6-8(13(14)15)2-3-9(7)10(11)4-5-12/h2-4,6H,1H3/b10-4-. The fourth-order valence-electron chi connectivity index (χ4n) is 1.16. The molecule has 0 spiro atoms. The minimum atomic E-state index is -0.474. The van der Waals surface area contributed by atoms with Gasteiger partial charge in [0.2, 0.25) is 0 Å². The van der Waals surface area contributed by atoms with E-state index in [4.69, 9.17) is 16.9 Å². The molecule has 0 saturated heterocycles. The van der Waals surface area contributed by atoms with E-state index in [2.05, 4.69) is 0 Å². The summed E-state index contributed by atoms with van der Waals surface area (Å²) < 4.78 is 0. The SMILES string of the molecule is Cc1cc([N+](=O)[O-])ccc1/C(Cl)=C/C#N. The Morgan fingerprint density at radius 3 is 2.80 bits per heavy atom. The van der Waals surface area contributed by atoms with Gasteiger partial charge in [0.05, 0.1) is 16.0 Å². The van der Waals surface area contributed by atoms with Crippen molar-refractivity contribution < 1.29 is 4.92 Å². The van der Waals surface area contributed by atoms with Gasteiger partial charge in [-0.3, -0.25) is 10.1 Å². The number of nitro benzene ring substituents is 1. The number of rotatable bonds is 2. The summed E-state index contributed by atoms with van der Waals surface area (Å²) in [6, 6.07) is 6.11. The van der Waals surface area contributed by atoms with Crippen molar-refractivity contribution in [1.82, 2.24) is 0 Å². The molecule has 15 heavy (non-hydrogen) atoms. The Morgan fingerprint density at radius 1 is 1.67 bits per heavy atom. The average molecular weight is 223 g/mol. The van der Waals surface area contributed by atoms with Crippen LogP contribution in [0.1, 0.15) is 11.1 Å². The molecule has 5 heteroatoms. The number of halogens is 1. The number of allylic oxidation sites excluding steroid dienone is 1. The lowest BCUT2D eigenvalue weighted by atomic mass is 10.1. The minimum absolute atomic E-state index is 0.0117. The highest BCUT2D eigenvalue weighted by molar-refractivity contribution is 6.49. The van der Waals surface area contributed by atoms with E-state index >= 15 is 0 Å². The molecule has 0 unspecified atom stereocenters. The van der Waals surface area contributed by atoms with Crippen LogP contribution in [0.25, 0.3) is 5.03 Å². The van der Waals surface area contributed by atoms with E-state index in [1.807, 2.05) is 0 Å². The lowest BCUT2D eigenvalue weighted by Gasteiger charge is -2.02. The van der Waals surface area contributed by atoms with Gasteiger partial charge in [0, 0.05) is 18.2 Å². The molecule has 0 saturated carbocycles. The molecule has 1 aromatic carbocycles. The molecule has 0 heterocycles. The maximum absolute atomic E-state index is 10.5. The average Bonchev–Trinajstić information content (AvgIpc) is 2.17. The predicted octanol–water partition coefficient (Wildman–Crippen LogP) is 3.01. The molecule has 4 nitrogen and oxygen atoms in total. The molecule has 0 radical (unpaired) electrons. The number of aryl methyl sites for hydroxylation is 1. The third-order valence-electron chi connectivity index (χ3n) is 1.87. The van der Waals surface area contributed by atoms with E-state index < -0.39 is 4.92 Å². The van der Waals surface area contributed by atoms with Gasteiger partial charge in [-0.05, 0) is 24.1 Å². The third kappa shape index (κ3) is 2.55. The summed E-state index contributed by atoms with van der Waals surface area (Å²) in [6.45, 7) is 1.70. The van der Waals surface area contributed by atoms with Gasteiger partial charge in [-0.1, -0.05) is 11.6 Å². The number of hydrogen-bond donors (Lipinski definition) is 0. The van der Waals surface area contributed by atoms with Crippen molar-refractivity contribution in [1.29, 1.82) is 5.26 Å². The van der Waals surface area contributed by atoms with Crippen LogP contribution in [-0.4, -0.2) is 4.92 Å². The fraction of sp³-hybridized carbons (Fsp3) is 0.100. The molecule has 76 valence electrons. The maximum Gasteiger partial charge on any atom is 0.269 e. The normalized spacial score (nSPS) is 10.9. The summed E-state index contributed by atoms with van der Waals surface area (Å²) in [5.41, 5.74) is 1.31. The zero-order chi connectivity index (χ0) is 11.4. The predicted molar refractivity (Wildman–Crippen MR) is 57.3 cm³/mol. The monoisotopic (exact) mass is 222 g/mol. The van der Waals surface area contributed by atoms with Gasteiger partial charge >= 0.3 is 0 Å². The van der Waals surface area contributed by atoms with Crippen LogP contribution >= 0.6 is 11.6 Å². The molecule has 0 aliphatic rings. The highest BCUT2D eigenvalue weighted by Crippen LogP contribution is 2.25. The zero-order valence-corrected chi connectivity index (χ0v) is 8.65. The summed E-state index contributed by atoms with van der Waals surface area (Å²) in [7, 11) is 0. The van der Waals surface area contributed by atoms with Crippen LogP contribution in [0.4, 0.5) is 5.69 Å². The smallest absolute Gasteiger partial charge is 0.258 e. The van der Waals surface area contributed by atoms with Crippen LogP contribution < -0.4 is 0 Å². The van der Waals surface area contributed by atoms with Crippen LogP contribution in [-0.2, 0) is 0 Å². The largest absolute Gasteiger partial charge is 0.269 e. The Morgan fingerprint density at radius 2 is 2.33 bits per heavy atom. The van der Waals surface area contributed by atoms with E-state index in [9.17, 15) is 10.1 Å². The van der Waals surface area contributed by atoms with Crippen molar-refractivity contribution in [2.75, 3.05) is 0 Å². The summed E-state index contributed by atoms with van der Waals surface area (Å²) in [5, 5.41) is 19.2. The topological polar surface area (TPSA) is 66.9 Å². The summed E-state index contributed by atoms with van der Waals surface area (Å²) in [6.07, 6.45) is 1.19. The molecule has 1 rings (SSSR count). The van der Waals surface area contributed by atoms with Crippen LogP contribution in [0.3, 0.4) is 0 Å². The Hall–Kier alpha value is -1.86. The first-order chi connectivity index (χ1) is 7.06. The van der Waals surface area contributed by atoms with Crippen molar-refractivity contribution in [2.24, 2.45) is 0 Å². The number of hydrogen-bond acceptors (Lipinski definition) is 3. The molecule has 0 bridgehead atoms. The number of nitriles is 1. The lowest BCUT2D eigenvalue weighted by molar-refractivity contribution is -0.384. The lowest BCUT2D eigenvalue weighted by Crippen LogP contribution is -1.91. The van der Waals surface area contributed by atoms with Gasteiger partial charge in [-0.15, -0.1) is 0 Å². The maximum atomic E-state index is 10.5. The molecule has 0 atom stereocenters. The van der Waals surface area contributed by atoms with Crippen molar-refractivity contribution in [3.05, 3.63) is 45.5 Å². The minimum Gasteiger partial charge on any atom is -0.258 e. The Labute approximate surface area is 91.6 Å². The Bertz CT molecular complexity index is 475. The number of nitrogens with zero attached hydrogens (tertiary/aromatic N) is 2. The number of nitro groups is 1. The Kier molecular flexibility index (Phi) is 3.42. The highest BCUT2D eigenvalue weighted by atomic mass is 35.5.